The predicted molar refractivity (Wildman–Crippen MR) is 78.0 cm³/mol. The lowest BCUT2D eigenvalue weighted by Gasteiger charge is -2.12. The summed E-state index contributed by atoms with van der Waals surface area (Å²) >= 11 is 0. The van der Waals surface area contributed by atoms with Gasteiger partial charge in [-0.15, -0.1) is 0 Å². The second kappa shape index (κ2) is 6.19. The van der Waals surface area contributed by atoms with Crippen molar-refractivity contribution in [1.29, 1.82) is 0 Å². The molecule has 0 radical (unpaired) electrons. The van der Waals surface area contributed by atoms with Crippen molar-refractivity contribution in [2.24, 2.45) is 0 Å². The molecular weight excluding hydrogens is 252 g/mol. The maximum Gasteiger partial charge on any atom is 0.267 e. The molecular formula is C16H18N2O2. The third-order valence-corrected chi connectivity index (χ3v) is 3.27. The molecule has 1 aromatic carbocycles. The molecule has 1 amide bonds. The molecule has 0 aliphatic rings. The minimum atomic E-state index is -0.194. The van der Waals surface area contributed by atoms with Crippen LogP contribution in [0.4, 0.5) is 0 Å². The molecule has 2 N–H and O–H groups in total. The minimum absolute atomic E-state index is 0.0575. The largest absolute Gasteiger partial charge is 0.356 e. The van der Waals surface area contributed by atoms with Crippen molar-refractivity contribution in [2.75, 3.05) is 6.54 Å². The Hall–Kier alpha value is -2.36. The van der Waals surface area contributed by atoms with Crippen LogP contribution in [0, 0.1) is 0 Å². The van der Waals surface area contributed by atoms with Gasteiger partial charge in [0.05, 0.1) is 0 Å². The first-order valence-electron chi connectivity index (χ1n) is 6.60. The van der Waals surface area contributed by atoms with Gasteiger partial charge in [-0.3, -0.25) is 9.59 Å². The van der Waals surface area contributed by atoms with Crippen LogP contribution in [0.3, 0.4) is 0 Å². The van der Waals surface area contributed by atoms with Crippen LogP contribution in [0.5, 0.6) is 0 Å². The van der Waals surface area contributed by atoms with Gasteiger partial charge >= 0.3 is 0 Å². The molecule has 2 rings (SSSR count). The van der Waals surface area contributed by atoms with E-state index in [0.29, 0.717) is 17.8 Å². The molecule has 104 valence electrons. The van der Waals surface area contributed by atoms with E-state index in [4.69, 9.17) is 0 Å². The minimum Gasteiger partial charge on any atom is -0.356 e. The molecule has 20 heavy (non-hydrogen) atoms. The fourth-order valence-corrected chi connectivity index (χ4v) is 1.97. The number of Topliss-reactive ketones (excluding diaryl/α,β-unsaturated/α-hetero) is 1. The first kappa shape index (κ1) is 14.1. The van der Waals surface area contributed by atoms with Crippen LogP contribution >= 0.6 is 0 Å². The van der Waals surface area contributed by atoms with E-state index in [2.05, 4.69) is 17.2 Å². The lowest BCUT2D eigenvalue weighted by atomic mass is 10.0. The van der Waals surface area contributed by atoms with Gasteiger partial charge in [-0.25, -0.2) is 0 Å². The smallest absolute Gasteiger partial charge is 0.267 e. The summed E-state index contributed by atoms with van der Waals surface area (Å²) in [4.78, 5) is 26.0. The van der Waals surface area contributed by atoms with E-state index in [-0.39, 0.29) is 17.6 Å². The van der Waals surface area contributed by atoms with Gasteiger partial charge in [0.25, 0.3) is 5.91 Å². The van der Waals surface area contributed by atoms with Crippen molar-refractivity contribution in [3.8, 4) is 0 Å². The third-order valence-electron chi connectivity index (χ3n) is 3.27. The van der Waals surface area contributed by atoms with Crippen LogP contribution in [-0.2, 0) is 0 Å². The maximum absolute atomic E-state index is 12.0. The number of aromatic nitrogens is 1. The van der Waals surface area contributed by atoms with Crippen LogP contribution in [0.1, 0.15) is 46.2 Å². The Labute approximate surface area is 118 Å². The number of carbonyl (C=O) groups excluding carboxylic acids is 2. The van der Waals surface area contributed by atoms with Crippen LogP contribution in [0.15, 0.2) is 42.6 Å². The zero-order valence-corrected chi connectivity index (χ0v) is 11.6. The second-order valence-electron chi connectivity index (χ2n) is 4.88. The molecule has 0 fully saturated rings. The number of benzene rings is 1. The molecule has 2 aromatic rings. The Kier molecular flexibility index (Phi) is 4.35. The van der Waals surface area contributed by atoms with Gasteiger partial charge in [0.2, 0.25) is 0 Å². The van der Waals surface area contributed by atoms with Gasteiger partial charge in [0.1, 0.15) is 5.69 Å². The third kappa shape index (κ3) is 3.35. The summed E-state index contributed by atoms with van der Waals surface area (Å²) in [6.07, 6.45) is 1.55. The van der Waals surface area contributed by atoms with E-state index in [1.54, 1.807) is 12.3 Å². The van der Waals surface area contributed by atoms with Crippen molar-refractivity contribution in [2.45, 2.75) is 19.8 Å². The molecule has 4 heteroatoms. The fraction of sp³-hybridized carbons (Fsp3) is 0.250. The first-order chi connectivity index (χ1) is 9.58. The highest BCUT2D eigenvalue weighted by Gasteiger charge is 2.12. The molecule has 0 aliphatic heterocycles. The molecule has 1 atom stereocenters. The molecule has 0 saturated carbocycles. The van der Waals surface area contributed by atoms with Gasteiger partial charge < -0.3 is 10.3 Å². The number of carbonyl (C=O) groups is 2. The van der Waals surface area contributed by atoms with Gasteiger partial charge in [-0.1, -0.05) is 37.3 Å². The number of hydrogen-bond donors (Lipinski definition) is 2. The molecule has 0 bridgehead atoms. The summed E-state index contributed by atoms with van der Waals surface area (Å²) in [5.41, 5.74) is 2.12. The highest BCUT2D eigenvalue weighted by atomic mass is 16.2. The van der Waals surface area contributed by atoms with Crippen molar-refractivity contribution in [3.05, 3.63) is 59.4 Å². The lowest BCUT2D eigenvalue weighted by Crippen LogP contribution is -2.27. The molecule has 0 unspecified atom stereocenters. The summed E-state index contributed by atoms with van der Waals surface area (Å²) < 4.78 is 0. The SMILES string of the molecule is CC(=O)c1c[nH]c(C(=O)NC[C@H](C)c2ccccc2)c1. The summed E-state index contributed by atoms with van der Waals surface area (Å²) in [6, 6.07) is 11.6. The summed E-state index contributed by atoms with van der Waals surface area (Å²) in [7, 11) is 0. The quantitative estimate of drug-likeness (QED) is 0.821. The van der Waals surface area contributed by atoms with Crippen molar-refractivity contribution in [3.63, 3.8) is 0 Å². The summed E-state index contributed by atoms with van der Waals surface area (Å²) in [6.45, 7) is 4.09. The maximum atomic E-state index is 12.0. The average molecular weight is 270 g/mol. The predicted octanol–water partition coefficient (Wildman–Crippen LogP) is 2.75. The van der Waals surface area contributed by atoms with Crippen LogP contribution in [-0.4, -0.2) is 23.2 Å². The van der Waals surface area contributed by atoms with E-state index in [0.717, 1.165) is 0 Å². The van der Waals surface area contributed by atoms with Crippen molar-refractivity contribution < 1.29 is 9.59 Å². The van der Waals surface area contributed by atoms with Crippen LogP contribution < -0.4 is 5.32 Å². The number of aromatic amines is 1. The van der Waals surface area contributed by atoms with Crippen LogP contribution in [0.25, 0.3) is 0 Å². The molecule has 0 aliphatic carbocycles. The highest BCUT2D eigenvalue weighted by Crippen LogP contribution is 2.13. The Balaban J connectivity index is 1.93. The fourth-order valence-electron chi connectivity index (χ4n) is 1.97. The van der Waals surface area contributed by atoms with Gasteiger partial charge in [0.15, 0.2) is 5.78 Å². The number of hydrogen-bond acceptors (Lipinski definition) is 2. The van der Waals surface area contributed by atoms with Crippen molar-refractivity contribution in [1.82, 2.24) is 10.3 Å². The standard InChI is InChI=1S/C16H18N2O2/c1-11(13-6-4-3-5-7-13)9-18-16(20)15-8-14(10-17-15)12(2)19/h3-8,10-11,17H,9H2,1-2H3,(H,18,20)/t11-/m0/s1. The zero-order chi connectivity index (χ0) is 14.5. The van der Waals surface area contributed by atoms with Gasteiger partial charge in [-0.2, -0.15) is 0 Å². The Morgan fingerprint density at radius 3 is 2.55 bits per heavy atom. The number of nitrogens with one attached hydrogen (secondary N) is 2. The Morgan fingerprint density at radius 1 is 1.25 bits per heavy atom. The van der Waals surface area contributed by atoms with E-state index in [1.165, 1.54) is 12.5 Å². The average Bonchev–Trinajstić information content (AvgIpc) is 2.95. The molecule has 1 heterocycles. The van der Waals surface area contributed by atoms with Gasteiger partial charge in [-0.05, 0) is 24.5 Å². The van der Waals surface area contributed by atoms with E-state index >= 15 is 0 Å². The zero-order valence-electron chi connectivity index (χ0n) is 11.6. The first-order valence-corrected chi connectivity index (χ1v) is 6.60. The highest BCUT2D eigenvalue weighted by molar-refractivity contribution is 5.99. The van der Waals surface area contributed by atoms with E-state index < -0.39 is 0 Å². The second-order valence-corrected chi connectivity index (χ2v) is 4.88. The van der Waals surface area contributed by atoms with Gasteiger partial charge in [0, 0.05) is 18.3 Å². The Morgan fingerprint density at radius 2 is 1.95 bits per heavy atom. The van der Waals surface area contributed by atoms with E-state index in [9.17, 15) is 9.59 Å². The Bertz CT molecular complexity index is 602. The normalized spacial score (nSPS) is 11.9. The van der Waals surface area contributed by atoms with Crippen molar-refractivity contribution >= 4 is 11.7 Å². The molecule has 0 saturated heterocycles. The summed E-state index contributed by atoms with van der Waals surface area (Å²) in [5, 5.41) is 2.87. The molecule has 4 nitrogen and oxygen atoms in total. The number of amides is 1. The van der Waals surface area contributed by atoms with E-state index in [1.807, 2.05) is 30.3 Å². The van der Waals surface area contributed by atoms with Crippen LogP contribution in [0.2, 0.25) is 0 Å². The number of ketones is 1. The summed E-state index contributed by atoms with van der Waals surface area (Å²) in [5.74, 6) is -0.0133. The monoisotopic (exact) mass is 270 g/mol. The molecule has 1 aromatic heterocycles. The number of rotatable bonds is 5. The number of H-pyrrole nitrogens is 1. The lowest BCUT2D eigenvalue weighted by molar-refractivity contribution is 0.0947. The molecule has 0 spiro atoms. The topological polar surface area (TPSA) is 62.0 Å².